The molecular weight excluding hydrogens is 286 g/mol. The highest BCUT2D eigenvalue weighted by Crippen LogP contribution is 2.40. The predicted octanol–water partition coefficient (Wildman–Crippen LogP) is 4.73. The molecule has 1 aliphatic rings. The Morgan fingerprint density at radius 3 is 2.39 bits per heavy atom. The molecule has 0 amide bonds. The van der Waals surface area contributed by atoms with Crippen LogP contribution >= 0.6 is 15.9 Å². The smallest absolute Gasteiger partial charge is 0.0212 e. The molecule has 2 N–H and O–H groups in total. The summed E-state index contributed by atoms with van der Waals surface area (Å²) >= 11 is 3.73. The maximum atomic E-state index is 6.10. The Hall–Kier alpha value is -0.340. The van der Waals surface area contributed by atoms with Crippen molar-refractivity contribution < 1.29 is 0 Å². The average Bonchev–Trinajstić information content (AvgIpc) is 2.39. The zero-order valence-electron chi connectivity index (χ0n) is 11.5. The van der Waals surface area contributed by atoms with Crippen molar-refractivity contribution in [2.24, 2.45) is 5.73 Å². The summed E-state index contributed by atoms with van der Waals surface area (Å²) in [6.45, 7) is 5.25. The fourth-order valence-electron chi connectivity index (χ4n) is 3.16. The molecule has 0 bridgehead atoms. The number of nitrogens with two attached hydrogens (primary N) is 1. The van der Waals surface area contributed by atoms with E-state index in [4.69, 9.17) is 5.73 Å². The van der Waals surface area contributed by atoms with Crippen molar-refractivity contribution in [3.63, 3.8) is 0 Å². The second kappa shape index (κ2) is 5.75. The summed E-state index contributed by atoms with van der Waals surface area (Å²) in [5.41, 5.74) is 9.16. The molecule has 100 valence electrons. The molecule has 0 saturated heterocycles. The van der Waals surface area contributed by atoms with Gasteiger partial charge in [0.2, 0.25) is 0 Å². The van der Waals surface area contributed by atoms with Crippen LogP contribution < -0.4 is 5.73 Å². The van der Waals surface area contributed by atoms with E-state index in [1.807, 2.05) is 0 Å². The van der Waals surface area contributed by atoms with Crippen molar-refractivity contribution in [1.82, 2.24) is 0 Å². The molecule has 0 aliphatic heterocycles. The van der Waals surface area contributed by atoms with E-state index in [0.717, 1.165) is 6.54 Å². The van der Waals surface area contributed by atoms with Crippen molar-refractivity contribution >= 4 is 15.9 Å². The Labute approximate surface area is 119 Å². The molecule has 0 aromatic heterocycles. The van der Waals surface area contributed by atoms with Gasteiger partial charge in [-0.05, 0) is 36.0 Å². The zero-order chi connectivity index (χ0) is 13.2. The molecule has 0 heterocycles. The zero-order valence-corrected chi connectivity index (χ0v) is 13.1. The Morgan fingerprint density at radius 2 is 1.89 bits per heavy atom. The van der Waals surface area contributed by atoms with Gasteiger partial charge in [-0.3, -0.25) is 0 Å². The van der Waals surface area contributed by atoms with Crippen molar-refractivity contribution in [1.29, 1.82) is 0 Å². The number of hydrogen-bond donors (Lipinski definition) is 1. The lowest BCUT2D eigenvalue weighted by atomic mass is 9.69. The third-order valence-electron chi connectivity index (χ3n) is 4.44. The Morgan fingerprint density at radius 1 is 1.22 bits per heavy atom. The molecule has 1 saturated carbocycles. The Balaban J connectivity index is 2.34. The normalized spacial score (nSPS) is 19.2. The lowest BCUT2D eigenvalue weighted by Gasteiger charge is -2.37. The molecule has 1 aliphatic carbocycles. The second-order valence-corrected chi connectivity index (χ2v) is 6.79. The van der Waals surface area contributed by atoms with Crippen molar-refractivity contribution in [2.45, 2.75) is 57.3 Å². The highest BCUT2D eigenvalue weighted by molar-refractivity contribution is 9.10. The van der Waals surface area contributed by atoms with Gasteiger partial charge >= 0.3 is 0 Å². The van der Waals surface area contributed by atoms with E-state index in [1.54, 1.807) is 0 Å². The summed E-state index contributed by atoms with van der Waals surface area (Å²) < 4.78 is 1.24. The van der Waals surface area contributed by atoms with Crippen LogP contribution in [0.5, 0.6) is 0 Å². The molecule has 0 spiro atoms. The molecule has 1 nitrogen and oxygen atoms in total. The molecule has 2 heteroatoms. The fraction of sp³-hybridized carbons (Fsp3) is 0.625. The lowest BCUT2D eigenvalue weighted by molar-refractivity contribution is 0.300. The van der Waals surface area contributed by atoms with Gasteiger partial charge in [-0.1, -0.05) is 61.2 Å². The van der Waals surface area contributed by atoms with E-state index in [-0.39, 0.29) is 5.41 Å². The van der Waals surface area contributed by atoms with E-state index in [2.05, 4.69) is 48.0 Å². The first-order valence-corrected chi connectivity index (χ1v) is 7.88. The molecule has 1 aromatic carbocycles. The molecule has 2 rings (SSSR count). The number of halogens is 1. The van der Waals surface area contributed by atoms with Gasteiger partial charge < -0.3 is 5.73 Å². The molecular formula is C16H24BrN. The molecule has 18 heavy (non-hydrogen) atoms. The van der Waals surface area contributed by atoms with E-state index >= 15 is 0 Å². The molecule has 1 fully saturated rings. The van der Waals surface area contributed by atoms with Crippen LogP contribution in [0, 0.1) is 0 Å². The standard InChI is InChI=1S/C16H24BrN/c1-12(2)14-7-6-13(10-15(14)17)16(11-18)8-4-3-5-9-16/h6-7,10,12H,3-5,8-9,11,18H2,1-2H3. The summed E-state index contributed by atoms with van der Waals surface area (Å²) in [4.78, 5) is 0. The second-order valence-electron chi connectivity index (χ2n) is 5.94. The minimum atomic E-state index is 0.232. The Kier molecular flexibility index (Phi) is 4.50. The minimum absolute atomic E-state index is 0.232. The van der Waals surface area contributed by atoms with Crippen molar-refractivity contribution in [3.05, 3.63) is 33.8 Å². The van der Waals surface area contributed by atoms with Crippen molar-refractivity contribution in [2.75, 3.05) is 6.54 Å². The highest BCUT2D eigenvalue weighted by Gasteiger charge is 2.32. The van der Waals surface area contributed by atoms with Crippen LogP contribution in [0.1, 0.15) is 63.0 Å². The highest BCUT2D eigenvalue weighted by atomic mass is 79.9. The van der Waals surface area contributed by atoms with Crippen LogP contribution in [0.15, 0.2) is 22.7 Å². The summed E-state index contributed by atoms with van der Waals surface area (Å²) in [6, 6.07) is 6.89. The summed E-state index contributed by atoms with van der Waals surface area (Å²) in [5.74, 6) is 0.564. The average molecular weight is 310 g/mol. The van der Waals surface area contributed by atoms with Gasteiger partial charge in [-0.15, -0.1) is 0 Å². The number of benzene rings is 1. The van der Waals surface area contributed by atoms with Crippen LogP contribution in [-0.2, 0) is 5.41 Å². The van der Waals surface area contributed by atoms with Crippen LogP contribution in [0.25, 0.3) is 0 Å². The topological polar surface area (TPSA) is 26.0 Å². The summed E-state index contributed by atoms with van der Waals surface area (Å²) in [6.07, 6.45) is 6.50. The SMILES string of the molecule is CC(C)c1ccc(C2(CN)CCCCC2)cc1Br. The third-order valence-corrected chi connectivity index (χ3v) is 5.12. The van der Waals surface area contributed by atoms with Crippen LogP contribution in [0.4, 0.5) is 0 Å². The van der Waals surface area contributed by atoms with Gasteiger partial charge in [0.05, 0.1) is 0 Å². The van der Waals surface area contributed by atoms with Gasteiger partial charge in [0.25, 0.3) is 0 Å². The maximum absolute atomic E-state index is 6.10. The van der Waals surface area contributed by atoms with E-state index in [1.165, 1.54) is 47.7 Å². The van der Waals surface area contributed by atoms with Gasteiger partial charge in [-0.2, -0.15) is 0 Å². The van der Waals surface area contributed by atoms with Crippen LogP contribution in [0.3, 0.4) is 0 Å². The Bertz CT molecular complexity index is 406. The first-order chi connectivity index (χ1) is 8.59. The maximum Gasteiger partial charge on any atom is 0.0212 e. The lowest BCUT2D eigenvalue weighted by Crippen LogP contribution is -2.37. The van der Waals surface area contributed by atoms with Crippen LogP contribution in [0.2, 0.25) is 0 Å². The van der Waals surface area contributed by atoms with E-state index in [0.29, 0.717) is 5.92 Å². The minimum Gasteiger partial charge on any atom is -0.330 e. The summed E-state index contributed by atoms with van der Waals surface area (Å²) in [7, 11) is 0. The number of hydrogen-bond acceptors (Lipinski definition) is 1. The van der Waals surface area contributed by atoms with E-state index in [9.17, 15) is 0 Å². The third kappa shape index (κ3) is 2.65. The molecule has 0 radical (unpaired) electrons. The van der Waals surface area contributed by atoms with Gasteiger partial charge in [-0.25, -0.2) is 0 Å². The van der Waals surface area contributed by atoms with Gasteiger partial charge in [0.1, 0.15) is 0 Å². The number of rotatable bonds is 3. The van der Waals surface area contributed by atoms with Gasteiger partial charge in [0, 0.05) is 16.4 Å². The first kappa shape index (κ1) is 14.1. The first-order valence-electron chi connectivity index (χ1n) is 7.09. The van der Waals surface area contributed by atoms with Gasteiger partial charge in [0.15, 0.2) is 0 Å². The quantitative estimate of drug-likeness (QED) is 0.858. The molecule has 0 atom stereocenters. The predicted molar refractivity (Wildman–Crippen MR) is 82.0 cm³/mol. The monoisotopic (exact) mass is 309 g/mol. The summed E-state index contributed by atoms with van der Waals surface area (Å²) in [5, 5.41) is 0. The van der Waals surface area contributed by atoms with E-state index < -0.39 is 0 Å². The largest absolute Gasteiger partial charge is 0.330 e. The van der Waals surface area contributed by atoms with Crippen molar-refractivity contribution in [3.8, 4) is 0 Å². The molecule has 0 unspecified atom stereocenters. The molecule has 1 aromatic rings. The fourth-order valence-corrected chi connectivity index (χ4v) is 4.00. The van der Waals surface area contributed by atoms with Crippen LogP contribution in [-0.4, -0.2) is 6.54 Å².